The predicted octanol–water partition coefficient (Wildman–Crippen LogP) is 1.74. The van der Waals surface area contributed by atoms with Crippen molar-refractivity contribution < 1.29 is 14.0 Å². The number of carbonyl (C=O) groups excluding carboxylic acids is 2. The average Bonchev–Trinajstić information content (AvgIpc) is 2.97. The lowest BCUT2D eigenvalue weighted by Gasteiger charge is -2.08. The smallest absolute Gasteiger partial charge is 0.270 e. The van der Waals surface area contributed by atoms with Crippen LogP contribution in [-0.4, -0.2) is 22.8 Å². The van der Waals surface area contributed by atoms with Crippen LogP contribution in [0.1, 0.15) is 40.6 Å². The third kappa shape index (κ3) is 4.17. The van der Waals surface area contributed by atoms with Gasteiger partial charge >= 0.3 is 0 Å². The minimum Gasteiger partial charge on any atom is -0.467 e. The van der Waals surface area contributed by atoms with Gasteiger partial charge in [0, 0.05) is 6.04 Å². The summed E-state index contributed by atoms with van der Waals surface area (Å²) in [6, 6.07) is 8.28. The quantitative estimate of drug-likeness (QED) is 0.877. The van der Waals surface area contributed by atoms with Crippen molar-refractivity contribution in [2.24, 2.45) is 0 Å². The van der Waals surface area contributed by atoms with Crippen LogP contribution in [0.25, 0.3) is 0 Å². The molecule has 0 aromatic carbocycles. The number of nitrogens with zero attached hydrogens (tertiary/aromatic N) is 1. The van der Waals surface area contributed by atoms with Gasteiger partial charge in [0.25, 0.3) is 11.8 Å². The normalized spacial score (nSPS) is 10.4. The Bertz CT molecular complexity index is 621. The summed E-state index contributed by atoms with van der Waals surface area (Å²) in [6.07, 6.45) is 1.54. The molecule has 2 aromatic heterocycles. The molecule has 21 heavy (non-hydrogen) atoms. The largest absolute Gasteiger partial charge is 0.467 e. The number of amides is 2. The van der Waals surface area contributed by atoms with E-state index in [2.05, 4.69) is 15.6 Å². The fraction of sp³-hybridized carbons (Fsp3) is 0.267. The summed E-state index contributed by atoms with van der Waals surface area (Å²) in [5, 5.41) is 5.41. The summed E-state index contributed by atoms with van der Waals surface area (Å²) < 4.78 is 5.13. The lowest BCUT2D eigenvalue weighted by Crippen LogP contribution is -2.31. The molecular formula is C15H17N3O3. The van der Waals surface area contributed by atoms with Crippen LogP contribution in [0.2, 0.25) is 0 Å². The maximum absolute atomic E-state index is 12.0. The molecule has 6 nitrogen and oxygen atoms in total. The minimum absolute atomic E-state index is 0.00994. The molecule has 2 heterocycles. The average molecular weight is 287 g/mol. The van der Waals surface area contributed by atoms with Crippen molar-refractivity contribution in [2.75, 3.05) is 0 Å². The molecular weight excluding hydrogens is 270 g/mol. The van der Waals surface area contributed by atoms with E-state index in [0.717, 1.165) is 0 Å². The second kappa shape index (κ2) is 6.69. The molecule has 0 saturated carbocycles. The van der Waals surface area contributed by atoms with Gasteiger partial charge in [0.15, 0.2) is 0 Å². The second-order valence-corrected chi connectivity index (χ2v) is 4.80. The molecule has 0 aliphatic heterocycles. The molecule has 6 heteroatoms. The van der Waals surface area contributed by atoms with E-state index in [1.807, 2.05) is 13.8 Å². The van der Waals surface area contributed by atoms with E-state index < -0.39 is 0 Å². The number of furan rings is 1. The Morgan fingerprint density at radius 2 is 1.86 bits per heavy atom. The maximum atomic E-state index is 12.0. The Hall–Kier alpha value is -2.63. The van der Waals surface area contributed by atoms with Crippen LogP contribution >= 0.6 is 0 Å². The molecule has 0 aliphatic rings. The molecule has 0 unspecified atom stereocenters. The van der Waals surface area contributed by atoms with Gasteiger partial charge in [-0.15, -0.1) is 0 Å². The van der Waals surface area contributed by atoms with Crippen molar-refractivity contribution in [2.45, 2.75) is 26.4 Å². The Labute approximate surface area is 122 Å². The molecule has 2 amide bonds. The van der Waals surface area contributed by atoms with Crippen LogP contribution in [0.5, 0.6) is 0 Å². The Kier molecular flexibility index (Phi) is 4.71. The molecule has 2 rings (SSSR count). The van der Waals surface area contributed by atoms with Crippen LogP contribution in [0, 0.1) is 0 Å². The van der Waals surface area contributed by atoms with Crippen LogP contribution in [0.15, 0.2) is 41.0 Å². The molecule has 0 spiro atoms. The fourth-order valence-corrected chi connectivity index (χ4v) is 1.69. The van der Waals surface area contributed by atoms with Gasteiger partial charge in [-0.3, -0.25) is 9.59 Å². The first-order chi connectivity index (χ1) is 10.1. The number of hydrogen-bond acceptors (Lipinski definition) is 4. The molecule has 0 bridgehead atoms. The summed E-state index contributed by atoms with van der Waals surface area (Å²) in [5.41, 5.74) is 0.410. The van der Waals surface area contributed by atoms with Gasteiger partial charge in [-0.2, -0.15) is 0 Å². The zero-order valence-electron chi connectivity index (χ0n) is 11.9. The summed E-state index contributed by atoms with van der Waals surface area (Å²) in [5.74, 6) is -0.00617. The zero-order valence-corrected chi connectivity index (χ0v) is 11.9. The van der Waals surface area contributed by atoms with E-state index in [-0.39, 0.29) is 35.8 Å². The lowest BCUT2D eigenvalue weighted by atomic mass is 10.2. The highest BCUT2D eigenvalue weighted by Gasteiger charge is 2.13. The number of rotatable bonds is 5. The van der Waals surface area contributed by atoms with Crippen LogP contribution < -0.4 is 10.6 Å². The van der Waals surface area contributed by atoms with Gasteiger partial charge in [-0.1, -0.05) is 6.07 Å². The molecule has 0 fully saturated rings. The number of pyridine rings is 1. The molecule has 2 N–H and O–H groups in total. The van der Waals surface area contributed by atoms with Crippen molar-refractivity contribution >= 4 is 11.8 Å². The maximum Gasteiger partial charge on any atom is 0.270 e. The van der Waals surface area contributed by atoms with Gasteiger partial charge in [-0.05, 0) is 38.1 Å². The topological polar surface area (TPSA) is 84.2 Å². The molecule has 0 radical (unpaired) electrons. The summed E-state index contributed by atoms with van der Waals surface area (Å²) >= 11 is 0. The van der Waals surface area contributed by atoms with E-state index >= 15 is 0 Å². The Balaban J connectivity index is 2.02. The number of hydrogen-bond donors (Lipinski definition) is 2. The minimum atomic E-state index is -0.356. The predicted molar refractivity (Wildman–Crippen MR) is 76.7 cm³/mol. The van der Waals surface area contributed by atoms with E-state index in [0.29, 0.717) is 5.76 Å². The van der Waals surface area contributed by atoms with Crippen molar-refractivity contribution in [3.63, 3.8) is 0 Å². The van der Waals surface area contributed by atoms with Crippen LogP contribution in [0.3, 0.4) is 0 Å². The van der Waals surface area contributed by atoms with E-state index in [4.69, 9.17) is 4.42 Å². The van der Waals surface area contributed by atoms with Gasteiger partial charge < -0.3 is 15.1 Å². The monoisotopic (exact) mass is 287 g/mol. The molecule has 2 aromatic rings. The molecule has 0 aliphatic carbocycles. The summed E-state index contributed by atoms with van der Waals surface area (Å²) in [6.45, 7) is 3.99. The van der Waals surface area contributed by atoms with Gasteiger partial charge in [0.2, 0.25) is 0 Å². The first-order valence-corrected chi connectivity index (χ1v) is 6.65. The zero-order chi connectivity index (χ0) is 15.2. The van der Waals surface area contributed by atoms with Crippen LogP contribution in [-0.2, 0) is 6.54 Å². The van der Waals surface area contributed by atoms with Gasteiger partial charge in [-0.25, -0.2) is 4.98 Å². The number of carbonyl (C=O) groups is 2. The van der Waals surface area contributed by atoms with E-state index in [1.165, 1.54) is 6.26 Å². The second-order valence-electron chi connectivity index (χ2n) is 4.80. The summed E-state index contributed by atoms with van der Waals surface area (Å²) in [4.78, 5) is 27.9. The first-order valence-electron chi connectivity index (χ1n) is 6.65. The highest BCUT2D eigenvalue weighted by atomic mass is 16.3. The van der Waals surface area contributed by atoms with E-state index in [1.54, 1.807) is 30.3 Å². The molecule has 110 valence electrons. The first kappa shape index (κ1) is 14.8. The SMILES string of the molecule is CC(C)NC(=O)c1cccc(C(=O)NCc2ccco2)n1. The van der Waals surface area contributed by atoms with Gasteiger partial charge in [0.05, 0.1) is 12.8 Å². The van der Waals surface area contributed by atoms with Crippen molar-refractivity contribution in [3.8, 4) is 0 Å². The highest BCUT2D eigenvalue weighted by Crippen LogP contribution is 2.03. The Morgan fingerprint density at radius 3 is 2.48 bits per heavy atom. The van der Waals surface area contributed by atoms with Crippen molar-refractivity contribution in [3.05, 3.63) is 53.7 Å². The fourth-order valence-electron chi connectivity index (χ4n) is 1.69. The third-order valence-electron chi connectivity index (χ3n) is 2.64. The molecule has 0 atom stereocenters. The van der Waals surface area contributed by atoms with Crippen LogP contribution in [0.4, 0.5) is 0 Å². The highest BCUT2D eigenvalue weighted by molar-refractivity contribution is 5.96. The Morgan fingerprint density at radius 1 is 1.14 bits per heavy atom. The summed E-state index contributed by atoms with van der Waals surface area (Å²) in [7, 11) is 0. The lowest BCUT2D eigenvalue weighted by molar-refractivity contribution is 0.0935. The van der Waals surface area contributed by atoms with Crippen molar-refractivity contribution in [1.29, 1.82) is 0 Å². The standard InChI is InChI=1S/C15H17N3O3/c1-10(2)17-15(20)13-7-3-6-12(18-13)14(19)16-9-11-5-4-8-21-11/h3-8,10H,9H2,1-2H3,(H,16,19)(H,17,20). The third-order valence-corrected chi connectivity index (χ3v) is 2.64. The number of aromatic nitrogens is 1. The van der Waals surface area contributed by atoms with E-state index in [9.17, 15) is 9.59 Å². The van der Waals surface area contributed by atoms with Crippen molar-refractivity contribution in [1.82, 2.24) is 15.6 Å². The number of nitrogens with one attached hydrogen (secondary N) is 2. The van der Waals surface area contributed by atoms with Gasteiger partial charge in [0.1, 0.15) is 17.1 Å². The molecule has 0 saturated heterocycles.